The number of anilines is 1. The number of hydrogen-bond donors (Lipinski definition) is 2. The summed E-state index contributed by atoms with van der Waals surface area (Å²) in [5.41, 5.74) is 7.69. The third-order valence-corrected chi connectivity index (χ3v) is 3.30. The van der Waals surface area contributed by atoms with Gasteiger partial charge >= 0.3 is 0 Å². The number of aryl methyl sites for hydroxylation is 1. The first-order chi connectivity index (χ1) is 7.33. The average Bonchev–Trinajstić information content (AvgIpc) is 2.62. The molecule has 4 nitrogen and oxygen atoms in total. The van der Waals surface area contributed by atoms with Crippen molar-refractivity contribution < 1.29 is 0 Å². The lowest BCUT2D eigenvalue weighted by molar-refractivity contribution is 0.871. The first-order valence-electron chi connectivity index (χ1n) is 4.95. The predicted octanol–water partition coefficient (Wildman–Crippen LogP) is 1.76. The van der Waals surface area contributed by atoms with Gasteiger partial charge in [0, 0.05) is 6.54 Å². The van der Waals surface area contributed by atoms with Crippen molar-refractivity contribution >= 4 is 27.4 Å². The van der Waals surface area contributed by atoms with Crippen molar-refractivity contribution in [3.05, 3.63) is 17.3 Å². The molecule has 15 heavy (non-hydrogen) atoms. The maximum Gasteiger partial charge on any atom is 0.147 e. The van der Waals surface area contributed by atoms with Crippen molar-refractivity contribution in [2.24, 2.45) is 5.73 Å². The molecule has 0 saturated heterocycles. The Morgan fingerprint density at radius 3 is 3.13 bits per heavy atom. The normalized spacial score (nSPS) is 10.8. The number of thiophene rings is 1. The molecule has 0 aliphatic heterocycles. The van der Waals surface area contributed by atoms with Crippen LogP contribution in [0.25, 0.3) is 10.2 Å². The summed E-state index contributed by atoms with van der Waals surface area (Å²) in [6.07, 6.45) is 2.56. The molecule has 0 spiro atoms. The first-order valence-corrected chi connectivity index (χ1v) is 5.83. The van der Waals surface area contributed by atoms with Gasteiger partial charge in [0.2, 0.25) is 0 Å². The summed E-state index contributed by atoms with van der Waals surface area (Å²) in [7, 11) is 0. The van der Waals surface area contributed by atoms with Gasteiger partial charge in [-0.15, -0.1) is 11.3 Å². The number of fused-ring (bicyclic) bond motifs is 1. The minimum Gasteiger partial charge on any atom is -0.369 e. The molecule has 2 aromatic rings. The molecular formula is C10H14N4S. The number of rotatable bonds is 4. The molecule has 80 valence electrons. The maximum atomic E-state index is 5.44. The molecule has 0 fully saturated rings. The molecular weight excluding hydrogens is 208 g/mol. The standard InChI is InChI=1S/C10H14N4S/c1-7-5-15-9-8(7)13-6-14-10(9)12-4-2-3-11/h5-6H,2-4,11H2,1H3,(H,12,13,14). The second kappa shape index (κ2) is 4.55. The highest BCUT2D eigenvalue weighted by molar-refractivity contribution is 7.18. The maximum absolute atomic E-state index is 5.44. The highest BCUT2D eigenvalue weighted by atomic mass is 32.1. The van der Waals surface area contributed by atoms with E-state index in [1.165, 1.54) is 5.56 Å². The van der Waals surface area contributed by atoms with Crippen LogP contribution in [0.4, 0.5) is 5.82 Å². The van der Waals surface area contributed by atoms with Crippen molar-refractivity contribution in [1.82, 2.24) is 9.97 Å². The van der Waals surface area contributed by atoms with Gasteiger partial charge in [0.05, 0.1) is 10.2 Å². The highest BCUT2D eigenvalue weighted by Crippen LogP contribution is 2.28. The molecule has 2 heterocycles. The Morgan fingerprint density at radius 1 is 1.47 bits per heavy atom. The quantitative estimate of drug-likeness (QED) is 0.774. The van der Waals surface area contributed by atoms with E-state index in [-0.39, 0.29) is 0 Å². The summed E-state index contributed by atoms with van der Waals surface area (Å²) in [5, 5.41) is 5.39. The molecule has 0 aromatic carbocycles. The molecule has 0 bridgehead atoms. The third kappa shape index (κ3) is 2.08. The van der Waals surface area contributed by atoms with Gasteiger partial charge in [-0.25, -0.2) is 9.97 Å². The fourth-order valence-corrected chi connectivity index (χ4v) is 2.37. The van der Waals surface area contributed by atoms with Gasteiger partial charge in [0.1, 0.15) is 12.1 Å². The summed E-state index contributed by atoms with van der Waals surface area (Å²) in [5.74, 6) is 0.923. The van der Waals surface area contributed by atoms with Crippen LogP contribution in [0.15, 0.2) is 11.7 Å². The molecule has 5 heteroatoms. The van der Waals surface area contributed by atoms with Crippen LogP contribution in [-0.4, -0.2) is 23.1 Å². The van der Waals surface area contributed by atoms with Gasteiger partial charge in [-0.3, -0.25) is 0 Å². The minimum absolute atomic E-state index is 0.699. The Bertz CT molecular complexity index is 452. The zero-order chi connectivity index (χ0) is 10.7. The van der Waals surface area contributed by atoms with E-state index in [1.807, 2.05) is 0 Å². The van der Waals surface area contributed by atoms with E-state index >= 15 is 0 Å². The predicted molar refractivity (Wildman–Crippen MR) is 64.3 cm³/mol. The topological polar surface area (TPSA) is 63.8 Å². The molecule has 0 aliphatic carbocycles. The van der Waals surface area contributed by atoms with E-state index in [0.29, 0.717) is 6.54 Å². The largest absolute Gasteiger partial charge is 0.369 e. The van der Waals surface area contributed by atoms with Gasteiger partial charge in [0.15, 0.2) is 0 Å². The lowest BCUT2D eigenvalue weighted by Gasteiger charge is -2.04. The number of aromatic nitrogens is 2. The lowest BCUT2D eigenvalue weighted by atomic mass is 10.3. The summed E-state index contributed by atoms with van der Waals surface area (Å²) in [4.78, 5) is 8.50. The van der Waals surface area contributed by atoms with Crippen molar-refractivity contribution in [1.29, 1.82) is 0 Å². The highest BCUT2D eigenvalue weighted by Gasteiger charge is 2.06. The fraction of sp³-hybridized carbons (Fsp3) is 0.400. The van der Waals surface area contributed by atoms with E-state index in [2.05, 4.69) is 27.6 Å². The van der Waals surface area contributed by atoms with E-state index in [4.69, 9.17) is 5.73 Å². The molecule has 0 saturated carbocycles. The molecule has 2 rings (SSSR count). The van der Waals surface area contributed by atoms with E-state index in [1.54, 1.807) is 17.7 Å². The smallest absolute Gasteiger partial charge is 0.147 e. The first kappa shape index (κ1) is 10.3. The van der Waals surface area contributed by atoms with E-state index < -0.39 is 0 Å². The SMILES string of the molecule is Cc1csc2c(NCCCN)ncnc12. The second-order valence-electron chi connectivity index (χ2n) is 3.39. The van der Waals surface area contributed by atoms with Crippen LogP contribution in [0, 0.1) is 6.92 Å². The van der Waals surface area contributed by atoms with Gasteiger partial charge in [-0.05, 0) is 30.8 Å². The summed E-state index contributed by atoms with van der Waals surface area (Å²) in [6.45, 7) is 3.62. The molecule has 0 radical (unpaired) electrons. The summed E-state index contributed by atoms with van der Waals surface area (Å²) < 4.78 is 1.13. The van der Waals surface area contributed by atoms with Gasteiger partial charge in [0.25, 0.3) is 0 Å². The molecule has 2 aromatic heterocycles. The second-order valence-corrected chi connectivity index (χ2v) is 4.27. The monoisotopic (exact) mass is 222 g/mol. The van der Waals surface area contributed by atoms with Crippen LogP contribution in [0.3, 0.4) is 0 Å². The Labute approximate surface area is 92.5 Å². The van der Waals surface area contributed by atoms with Crippen LogP contribution < -0.4 is 11.1 Å². The Kier molecular flexibility index (Phi) is 3.13. The fourth-order valence-electron chi connectivity index (χ4n) is 1.40. The number of nitrogens with two attached hydrogens (primary N) is 1. The van der Waals surface area contributed by atoms with Crippen LogP contribution in [-0.2, 0) is 0 Å². The van der Waals surface area contributed by atoms with E-state index in [9.17, 15) is 0 Å². The van der Waals surface area contributed by atoms with Crippen LogP contribution in [0.5, 0.6) is 0 Å². The van der Waals surface area contributed by atoms with E-state index in [0.717, 1.165) is 29.0 Å². The molecule has 0 amide bonds. The van der Waals surface area contributed by atoms with Gasteiger partial charge in [-0.2, -0.15) is 0 Å². The average molecular weight is 222 g/mol. The molecule has 0 aliphatic rings. The van der Waals surface area contributed by atoms with Gasteiger partial charge < -0.3 is 11.1 Å². The van der Waals surface area contributed by atoms with Crippen LogP contribution >= 0.6 is 11.3 Å². The zero-order valence-electron chi connectivity index (χ0n) is 8.66. The number of hydrogen-bond acceptors (Lipinski definition) is 5. The van der Waals surface area contributed by atoms with Crippen molar-refractivity contribution in [2.75, 3.05) is 18.4 Å². The van der Waals surface area contributed by atoms with Crippen LogP contribution in [0.2, 0.25) is 0 Å². The summed E-state index contributed by atoms with van der Waals surface area (Å²) in [6, 6.07) is 0. The zero-order valence-corrected chi connectivity index (χ0v) is 9.47. The number of nitrogens with zero attached hydrogens (tertiary/aromatic N) is 2. The molecule has 0 atom stereocenters. The van der Waals surface area contributed by atoms with Crippen molar-refractivity contribution in [3.8, 4) is 0 Å². The van der Waals surface area contributed by atoms with Crippen molar-refractivity contribution in [3.63, 3.8) is 0 Å². The van der Waals surface area contributed by atoms with Crippen LogP contribution in [0.1, 0.15) is 12.0 Å². The molecule has 0 unspecified atom stereocenters. The summed E-state index contributed by atoms with van der Waals surface area (Å²) >= 11 is 1.68. The van der Waals surface area contributed by atoms with Gasteiger partial charge in [-0.1, -0.05) is 0 Å². The third-order valence-electron chi connectivity index (χ3n) is 2.20. The minimum atomic E-state index is 0.699. The van der Waals surface area contributed by atoms with Crippen molar-refractivity contribution in [2.45, 2.75) is 13.3 Å². The number of nitrogens with one attached hydrogen (secondary N) is 1. The Morgan fingerprint density at radius 2 is 2.33 bits per heavy atom. The Balaban J connectivity index is 2.26. The Hall–Kier alpha value is -1.20. The molecule has 3 N–H and O–H groups in total. The lowest BCUT2D eigenvalue weighted by Crippen LogP contribution is -2.09.